The van der Waals surface area contributed by atoms with Gasteiger partial charge in [0, 0.05) is 18.7 Å². The van der Waals surface area contributed by atoms with Gasteiger partial charge in [-0.2, -0.15) is 8.78 Å². The minimum absolute atomic E-state index is 0.0317. The summed E-state index contributed by atoms with van der Waals surface area (Å²) in [7, 11) is 0. The summed E-state index contributed by atoms with van der Waals surface area (Å²) in [6, 6.07) is 9.27. The molecule has 0 radical (unpaired) electrons. The van der Waals surface area contributed by atoms with E-state index in [1.165, 1.54) is 11.5 Å². The molecule has 1 aromatic carbocycles. The summed E-state index contributed by atoms with van der Waals surface area (Å²) in [6.45, 7) is 1.52. The van der Waals surface area contributed by atoms with Gasteiger partial charge in [0.1, 0.15) is 4.83 Å². The first-order chi connectivity index (χ1) is 14.3. The Hall–Kier alpha value is -3.27. The molecule has 0 spiro atoms. The number of ether oxygens (including phenoxy) is 1. The van der Waals surface area contributed by atoms with E-state index in [4.69, 9.17) is 9.84 Å². The van der Waals surface area contributed by atoms with Crippen LogP contribution in [0.1, 0.15) is 17.5 Å². The quantitative estimate of drug-likeness (QED) is 0.566. The number of aryl methyl sites for hydroxylation is 3. The van der Waals surface area contributed by atoms with Gasteiger partial charge >= 0.3 is 11.8 Å². The van der Waals surface area contributed by atoms with Crippen LogP contribution in [0.15, 0.2) is 52.1 Å². The highest BCUT2D eigenvalue weighted by molar-refractivity contribution is 7.20. The number of benzene rings is 1. The molecule has 0 amide bonds. The molecule has 0 aliphatic carbocycles. The summed E-state index contributed by atoms with van der Waals surface area (Å²) in [5, 5.41) is 9.03. The topological polar surface area (TPSA) is 90.5 Å². The van der Waals surface area contributed by atoms with Crippen LogP contribution in [0.5, 0.6) is 5.06 Å². The van der Waals surface area contributed by atoms with Crippen LogP contribution in [0.4, 0.5) is 13.6 Å². The number of carboxylic acid groups (broad SMARTS) is 1. The minimum Gasteiger partial charge on any atom is -0.449 e. The van der Waals surface area contributed by atoms with Gasteiger partial charge in [0.2, 0.25) is 0 Å². The van der Waals surface area contributed by atoms with Crippen LogP contribution in [0.3, 0.4) is 0 Å². The molecule has 158 valence electrons. The van der Waals surface area contributed by atoms with Crippen molar-refractivity contribution in [3.05, 3.63) is 74.5 Å². The Morgan fingerprint density at radius 2 is 1.87 bits per heavy atom. The number of nitrogens with zero attached hydrogens (tertiary/aromatic N) is 2. The fraction of sp³-hybridized carbons (Fsp3) is 0.250. The highest BCUT2D eigenvalue weighted by Crippen LogP contribution is 2.34. The number of aromatic nitrogens is 2. The predicted octanol–water partition coefficient (Wildman–Crippen LogP) is 4.00. The van der Waals surface area contributed by atoms with Crippen molar-refractivity contribution in [3.63, 3.8) is 0 Å². The van der Waals surface area contributed by atoms with Crippen LogP contribution in [0.25, 0.3) is 10.2 Å². The molecule has 2 aromatic heterocycles. The predicted molar refractivity (Wildman–Crippen MR) is 109 cm³/mol. The number of fused-ring (bicyclic) bond motifs is 1. The molecule has 0 bridgehead atoms. The van der Waals surface area contributed by atoms with Gasteiger partial charge < -0.3 is 9.84 Å². The second-order valence-electron chi connectivity index (χ2n) is 6.47. The molecular formula is C20H18F2N2O5S. The molecule has 0 aliphatic heterocycles. The Kier molecular flexibility index (Phi) is 6.46. The zero-order valence-corrected chi connectivity index (χ0v) is 16.7. The maximum absolute atomic E-state index is 13.0. The average molecular weight is 436 g/mol. The molecule has 0 saturated heterocycles. The summed E-state index contributed by atoms with van der Waals surface area (Å²) in [6.07, 6.45) is -2.44. The minimum atomic E-state index is -1.87. The standard InChI is InChI=1S/C20H18F2N2O5S/c1-12-15-16(25)23(11-9-13-6-3-2-4-7-13)19(26)24(10-5-8-14(21)22)17(15)30-18(12)29-20(27)28/h2-4,6-8H,5,9-11H2,1H3,(H,27,28). The molecule has 10 heteroatoms. The third kappa shape index (κ3) is 4.48. The number of halogens is 2. The van der Waals surface area contributed by atoms with E-state index in [1.54, 1.807) is 0 Å². The fourth-order valence-corrected chi connectivity index (χ4v) is 4.30. The summed E-state index contributed by atoms with van der Waals surface area (Å²) < 4.78 is 31.9. The first-order valence-electron chi connectivity index (χ1n) is 9.02. The second-order valence-corrected chi connectivity index (χ2v) is 7.43. The molecule has 0 atom stereocenters. The van der Waals surface area contributed by atoms with Gasteiger partial charge in [-0.1, -0.05) is 41.7 Å². The van der Waals surface area contributed by atoms with E-state index in [0.29, 0.717) is 12.5 Å². The number of carbonyl (C=O) groups is 1. The van der Waals surface area contributed by atoms with E-state index in [1.807, 2.05) is 30.3 Å². The maximum Gasteiger partial charge on any atom is 0.512 e. The van der Waals surface area contributed by atoms with Crippen LogP contribution >= 0.6 is 11.3 Å². The van der Waals surface area contributed by atoms with Crippen molar-refractivity contribution >= 4 is 27.7 Å². The van der Waals surface area contributed by atoms with E-state index < -0.39 is 23.5 Å². The molecule has 0 saturated carbocycles. The summed E-state index contributed by atoms with van der Waals surface area (Å²) in [4.78, 5) is 37.2. The van der Waals surface area contributed by atoms with Crippen molar-refractivity contribution in [3.8, 4) is 5.06 Å². The Morgan fingerprint density at radius 1 is 1.17 bits per heavy atom. The molecule has 30 heavy (non-hydrogen) atoms. The van der Waals surface area contributed by atoms with E-state index >= 15 is 0 Å². The van der Waals surface area contributed by atoms with Gasteiger partial charge in [-0.3, -0.25) is 13.9 Å². The van der Waals surface area contributed by atoms with E-state index in [-0.39, 0.29) is 40.4 Å². The van der Waals surface area contributed by atoms with Gasteiger partial charge in [0.15, 0.2) is 5.06 Å². The lowest BCUT2D eigenvalue weighted by molar-refractivity contribution is 0.145. The second kappa shape index (κ2) is 9.04. The lowest BCUT2D eigenvalue weighted by Crippen LogP contribution is -2.40. The number of allylic oxidation sites excluding steroid dienone is 1. The molecule has 0 aliphatic rings. The Labute approximate surface area is 173 Å². The summed E-state index contributed by atoms with van der Waals surface area (Å²) >= 11 is 0.828. The average Bonchev–Trinajstić information content (AvgIpc) is 3.00. The van der Waals surface area contributed by atoms with Crippen LogP contribution in [-0.2, 0) is 19.5 Å². The van der Waals surface area contributed by atoms with Gasteiger partial charge in [-0.15, -0.1) is 0 Å². The number of rotatable bonds is 7. The summed E-state index contributed by atoms with van der Waals surface area (Å²) in [5.74, 6) is 0. The van der Waals surface area contributed by atoms with Gasteiger partial charge in [-0.25, -0.2) is 9.59 Å². The van der Waals surface area contributed by atoms with Crippen LogP contribution in [-0.4, -0.2) is 20.4 Å². The number of hydrogen-bond donors (Lipinski definition) is 1. The lowest BCUT2D eigenvalue weighted by atomic mass is 10.1. The first kappa shape index (κ1) is 21.4. The third-order valence-corrected chi connectivity index (χ3v) is 5.74. The van der Waals surface area contributed by atoms with Crippen molar-refractivity contribution in [1.29, 1.82) is 0 Å². The molecule has 3 aromatic rings. The van der Waals surface area contributed by atoms with Gasteiger partial charge in [-0.05, 0) is 31.4 Å². The normalized spacial score (nSPS) is 10.9. The van der Waals surface area contributed by atoms with Crippen LogP contribution < -0.4 is 16.0 Å². The van der Waals surface area contributed by atoms with Crippen molar-refractivity contribution in [2.24, 2.45) is 0 Å². The van der Waals surface area contributed by atoms with Crippen molar-refractivity contribution in [2.75, 3.05) is 0 Å². The van der Waals surface area contributed by atoms with Gasteiger partial charge in [0.25, 0.3) is 11.6 Å². The largest absolute Gasteiger partial charge is 0.512 e. The highest BCUT2D eigenvalue weighted by atomic mass is 32.1. The fourth-order valence-electron chi connectivity index (χ4n) is 3.13. The molecule has 2 heterocycles. The highest BCUT2D eigenvalue weighted by Gasteiger charge is 2.22. The molecule has 0 fully saturated rings. The van der Waals surface area contributed by atoms with E-state index in [2.05, 4.69) is 0 Å². The Morgan fingerprint density at radius 3 is 2.50 bits per heavy atom. The van der Waals surface area contributed by atoms with E-state index in [0.717, 1.165) is 21.5 Å². The van der Waals surface area contributed by atoms with Gasteiger partial charge in [0.05, 0.1) is 5.39 Å². The number of thiophene rings is 1. The van der Waals surface area contributed by atoms with E-state index in [9.17, 15) is 23.2 Å². The molecule has 7 nitrogen and oxygen atoms in total. The Balaban J connectivity index is 2.14. The molecule has 3 rings (SSSR count). The molecule has 0 unspecified atom stereocenters. The van der Waals surface area contributed by atoms with Crippen molar-refractivity contribution in [2.45, 2.75) is 32.9 Å². The third-order valence-electron chi connectivity index (χ3n) is 4.55. The lowest BCUT2D eigenvalue weighted by Gasteiger charge is -2.11. The maximum atomic E-state index is 13.0. The molecular weight excluding hydrogens is 418 g/mol. The van der Waals surface area contributed by atoms with Crippen molar-refractivity contribution in [1.82, 2.24) is 9.13 Å². The molecule has 1 N–H and O–H groups in total. The van der Waals surface area contributed by atoms with Crippen LogP contribution in [0.2, 0.25) is 0 Å². The number of hydrogen-bond acceptors (Lipinski definition) is 5. The first-order valence-corrected chi connectivity index (χ1v) is 9.83. The van der Waals surface area contributed by atoms with Crippen molar-refractivity contribution < 1.29 is 23.4 Å². The van der Waals surface area contributed by atoms with Crippen LogP contribution in [0, 0.1) is 6.92 Å². The summed E-state index contributed by atoms with van der Waals surface area (Å²) in [5.41, 5.74) is 0.00857. The zero-order valence-electron chi connectivity index (χ0n) is 15.9. The zero-order chi connectivity index (χ0) is 21.8. The monoisotopic (exact) mass is 436 g/mol. The SMILES string of the molecule is Cc1c(OC(=O)O)sc2c1c(=O)n(CCc1ccccc1)c(=O)n2CCC=C(F)F. The smallest absolute Gasteiger partial charge is 0.449 e. The Bertz CT molecular complexity index is 1220.